The Kier molecular flexibility index (Phi) is 5.11. The highest BCUT2D eigenvalue weighted by Gasteiger charge is 2.25. The molecule has 4 N–H and O–H groups in total. The third-order valence-corrected chi connectivity index (χ3v) is 3.92. The highest BCUT2D eigenvalue weighted by Crippen LogP contribution is 2.17. The molecule has 1 aromatic carbocycles. The molecule has 0 bridgehead atoms. The average molecular weight is 277 g/mol. The zero-order valence-corrected chi connectivity index (χ0v) is 11.9. The number of carbonyl (C=O) groups is 1. The number of aliphatic hydroxyl groups is 1. The number of nitrogens with zero attached hydrogens (tertiary/aromatic N) is 1. The summed E-state index contributed by atoms with van der Waals surface area (Å²) in [6, 6.07) is 7.38. The lowest BCUT2D eigenvalue weighted by Gasteiger charge is -2.33. The number of hydrogen-bond acceptors (Lipinski definition) is 4. The molecule has 1 saturated heterocycles. The summed E-state index contributed by atoms with van der Waals surface area (Å²) in [6.07, 6.45) is 1.24. The predicted molar refractivity (Wildman–Crippen MR) is 79.2 cm³/mol. The van der Waals surface area contributed by atoms with E-state index in [4.69, 9.17) is 5.73 Å². The SMILES string of the molecule is CC(C(=O)Nc1ccccc1CN)N1CCC(O)CC1. The van der Waals surface area contributed by atoms with E-state index in [2.05, 4.69) is 10.2 Å². The molecule has 1 fully saturated rings. The Morgan fingerprint density at radius 2 is 2.10 bits per heavy atom. The predicted octanol–water partition coefficient (Wildman–Crippen LogP) is 0.929. The van der Waals surface area contributed by atoms with Crippen LogP contribution in [0.4, 0.5) is 5.69 Å². The molecule has 5 heteroatoms. The fourth-order valence-corrected chi connectivity index (χ4v) is 2.50. The smallest absolute Gasteiger partial charge is 0.241 e. The number of likely N-dealkylation sites (tertiary alicyclic amines) is 1. The van der Waals surface area contributed by atoms with Crippen LogP contribution in [0.25, 0.3) is 0 Å². The minimum Gasteiger partial charge on any atom is -0.393 e. The number of rotatable bonds is 4. The van der Waals surface area contributed by atoms with Crippen molar-refractivity contribution in [3.63, 3.8) is 0 Å². The first kappa shape index (κ1) is 15.0. The van der Waals surface area contributed by atoms with Gasteiger partial charge in [-0.25, -0.2) is 0 Å². The Morgan fingerprint density at radius 3 is 2.75 bits per heavy atom. The van der Waals surface area contributed by atoms with Gasteiger partial charge in [-0.05, 0) is 31.4 Å². The van der Waals surface area contributed by atoms with Crippen molar-refractivity contribution in [2.45, 2.75) is 38.5 Å². The summed E-state index contributed by atoms with van der Waals surface area (Å²) in [5.41, 5.74) is 7.38. The number of piperidine rings is 1. The Bertz CT molecular complexity index is 456. The van der Waals surface area contributed by atoms with Gasteiger partial charge in [0, 0.05) is 25.3 Å². The Balaban J connectivity index is 1.97. The quantitative estimate of drug-likeness (QED) is 0.765. The number of nitrogens with two attached hydrogens (primary N) is 1. The van der Waals surface area contributed by atoms with Crippen molar-refractivity contribution < 1.29 is 9.90 Å². The van der Waals surface area contributed by atoms with Crippen LogP contribution in [-0.2, 0) is 11.3 Å². The second-order valence-electron chi connectivity index (χ2n) is 5.29. The van der Waals surface area contributed by atoms with Crippen LogP contribution in [0.15, 0.2) is 24.3 Å². The molecule has 0 aliphatic carbocycles. The van der Waals surface area contributed by atoms with Gasteiger partial charge in [-0.15, -0.1) is 0 Å². The van der Waals surface area contributed by atoms with E-state index in [9.17, 15) is 9.90 Å². The Labute approximate surface area is 119 Å². The average Bonchev–Trinajstić information content (AvgIpc) is 2.48. The van der Waals surface area contributed by atoms with Crippen molar-refractivity contribution in [3.05, 3.63) is 29.8 Å². The van der Waals surface area contributed by atoms with Crippen LogP contribution in [0, 0.1) is 0 Å². The summed E-state index contributed by atoms with van der Waals surface area (Å²) in [5.74, 6) is -0.0257. The van der Waals surface area contributed by atoms with Crippen molar-refractivity contribution in [3.8, 4) is 0 Å². The maximum atomic E-state index is 12.3. The molecule has 2 rings (SSSR count). The molecular weight excluding hydrogens is 254 g/mol. The van der Waals surface area contributed by atoms with E-state index in [-0.39, 0.29) is 18.1 Å². The lowest BCUT2D eigenvalue weighted by atomic mass is 10.1. The van der Waals surface area contributed by atoms with Crippen molar-refractivity contribution in [2.75, 3.05) is 18.4 Å². The van der Waals surface area contributed by atoms with E-state index in [1.165, 1.54) is 0 Å². The number of para-hydroxylation sites is 1. The zero-order valence-electron chi connectivity index (χ0n) is 11.9. The first-order valence-electron chi connectivity index (χ1n) is 7.12. The van der Waals surface area contributed by atoms with Gasteiger partial charge in [0.15, 0.2) is 0 Å². The summed E-state index contributed by atoms with van der Waals surface area (Å²) in [7, 11) is 0. The Hall–Kier alpha value is -1.43. The van der Waals surface area contributed by atoms with E-state index < -0.39 is 0 Å². The molecule has 0 radical (unpaired) electrons. The third kappa shape index (κ3) is 3.56. The molecule has 1 unspecified atom stereocenters. The van der Waals surface area contributed by atoms with Crippen LogP contribution in [0.3, 0.4) is 0 Å². The van der Waals surface area contributed by atoms with E-state index in [1.54, 1.807) is 0 Å². The summed E-state index contributed by atoms with van der Waals surface area (Å²) in [5, 5.41) is 12.5. The van der Waals surface area contributed by atoms with Crippen LogP contribution < -0.4 is 11.1 Å². The van der Waals surface area contributed by atoms with Crippen molar-refractivity contribution >= 4 is 11.6 Å². The molecule has 1 heterocycles. The van der Waals surface area contributed by atoms with Crippen LogP contribution in [0.5, 0.6) is 0 Å². The van der Waals surface area contributed by atoms with Gasteiger partial charge in [-0.1, -0.05) is 18.2 Å². The van der Waals surface area contributed by atoms with E-state index in [1.807, 2.05) is 31.2 Å². The van der Waals surface area contributed by atoms with Crippen LogP contribution in [0.1, 0.15) is 25.3 Å². The molecule has 1 aliphatic heterocycles. The van der Waals surface area contributed by atoms with Gasteiger partial charge >= 0.3 is 0 Å². The maximum Gasteiger partial charge on any atom is 0.241 e. The van der Waals surface area contributed by atoms with Gasteiger partial charge in [-0.2, -0.15) is 0 Å². The van der Waals surface area contributed by atoms with Crippen LogP contribution >= 0.6 is 0 Å². The van der Waals surface area contributed by atoms with Crippen LogP contribution in [-0.4, -0.2) is 41.1 Å². The van der Waals surface area contributed by atoms with Crippen molar-refractivity contribution in [1.82, 2.24) is 4.90 Å². The first-order chi connectivity index (χ1) is 9.61. The second-order valence-corrected chi connectivity index (χ2v) is 5.29. The monoisotopic (exact) mass is 277 g/mol. The molecular formula is C15H23N3O2. The van der Waals surface area contributed by atoms with Gasteiger partial charge in [0.2, 0.25) is 5.91 Å². The van der Waals surface area contributed by atoms with Crippen molar-refractivity contribution in [1.29, 1.82) is 0 Å². The molecule has 1 atom stereocenters. The van der Waals surface area contributed by atoms with Crippen molar-refractivity contribution in [2.24, 2.45) is 5.73 Å². The molecule has 1 aliphatic rings. The zero-order chi connectivity index (χ0) is 14.5. The molecule has 0 saturated carbocycles. The highest BCUT2D eigenvalue weighted by atomic mass is 16.3. The summed E-state index contributed by atoms with van der Waals surface area (Å²) < 4.78 is 0. The fourth-order valence-electron chi connectivity index (χ4n) is 2.50. The topological polar surface area (TPSA) is 78.6 Å². The molecule has 20 heavy (non-hydrogen) atoms. The molecule has 0 aromatic heterocycles. The summed E-state index contributed by atoms with van der Waals surface area (Å²) >= 11 is 0. The summed E-state index contributed by atoms with van der Waals surface area (Å²) in [6.45, 7) is 3.82. The number of nitrogens with one attached hydrogen (secondary N) is 1. The molecule has 110 valence electrons. The molecule has 1 amide bonds. The van der Waals surface area contributed by atoms with Gasteiger partial charge in [-0.3, -0.25) is 9.69 Å². The number of hydrogen-bond donors (Lipinski definition) is 3. The molecule has 0 spiro atoms. The summed E-state index contributed by atoms with van der Waals surface area (Å²) in [4.78, 5) is 14.4. The minimum atomic E-state index is -0.223. The lowest BCUT2D eigenvalue weighted by Crippen LogP contribution is -2.47. The number of benzene rings is 1. The van der Waals surface area contributed by atoms with E-state index >= 15 is 0 Å². The Morgan fingerprint density at radius 1 is 1.45 bits per heavy atom. The fraction of sp³-hybridized carbons (Fsp3) is 0.533. The van der Waals surface area contributed by atoms with Gasteiger partial charge in [0.1, 0.15) is 0 Å². The maximum absolute atomic E-state index is 12.3. The van der Waals surface area contributed by atoms with E-state index in [0.29, 0.717) is 6.54 Å². The first-order valence-corrected chi connectivity index (χ1v) is 7.12. The standard InChI is InChI=1S/C15H23N3O2/c1-11(18-8-6-13(19)7-9-18)15(20)17-14-5-3-2-4-12(14)10-16/h2-5,11,13,19H,6-10,16H2,1H3,(H,17,20). The molecule has 1 aromatic rings. The number of anilines is 1. The normalized spacial score (nSPS) is 18.8. The second kappa shape index (κ2) is 6.83. The third-order valence-electron chi connectivity index (χ3n) is 3.92. The van der Waals surface area contributed by atoms with Gasteiger partial charge in [0.25, 0.3) is 0 Å². The van der Waals surface area contributed by atoms with Gasteiger partial charge in [0.05, 0.1) is 12.1 Å². The van der Waals surface area contributed by atoms with E-state index in [0.717, 1.165) is 37.2 Å². The minimum absolute atomic E-state index is 0.0257. The highest BCUT2D eigenvalue weighted by molar-refractivity contribution is 5.95. The number of amides is 1. The number of carbonyl (C=O) groups excluding carboxylic acids is 1. The lowest BCUT2D eigenvalue weighted by molar-refractivity contribution is -0.121. The van der Waals surface area contributed by atoms with Crippen LogP contribution in [0.2, 0.25) is 0 Å². The number of aliphatic hydroxyl groups excluding tert-OH is 1. The molecule has 5 nitrogen and oxygen atoms in total. The van der Waals surface area contributed by atoms with Gasteiger partial charge < -0.3 is 16.2 Å². The largest absolute Gasteiger partial charge is 0.393 e.